The van der Waals surface area contributed by atoms with Crippen molar-refractivity contribution in [3.05, 3.63) is 64.4 Å². The third-order valence-electron chi connectivity index (χ3n) is 2.48. The highest BCUT2D eigenvalue weighted by Crippen LogP contribution is 2.19. The Morgan fingerprint density at radius 1 is 1.21 bits per heavy atom. The summed E-state index contributed by atoms with van der Waals surface area (Å²) in [7, 11) is 0. The molecule has 0 radical (unpaired) electrons. The van der Waals surface area contributed by atoms with Crippen molar-refractivity contribution in [1.82, 2.24) is 0 Å². The number of rotatable bonds is 3. The minimum Gasteiger partial charge on any atom is -0.322 e. The Labute approximate surface area is 114 Å². The first-order valence-electron chi connectivity index (χ1n) is 5.42. The molecule has 1 N–H and O–H groups in total. The van der Waals surface area contributed by atoms with Crippen LogP contribution in [0.4, 0.5) is 10.1 Å². The predicted molar refractivity (Wildman–Crippen MR) is 71.2 cm³/mol. The molecule has 0 saturated carbocycles. The summed E-state index contributed by atoms with van der Waals surface area (Å²) in [5.74, 6) is -1.39. The minimum atomic E-state index is -0.770. The predicted octanol–water partition coefficient (Wildman–Crippen LogP) is 3.54. The molecule has 0 aliphatic rings. The lowest BCUT2D eigenvalue weighted by Gasteiger charge is -2.07. The standard InChI is InChI=1S/C14H9ClFNO2/c15-12-6-2-5-11(13(12)16)14(19)17-10-4-1-3-9(7-10)8-18/h1-8H,(H,17,19). The largest absolute Gasteiger partial charge is 0.322 e. The van der Waals surface area contributed by atoms with Crippen LogP contribution in [0.2, 0.25) is 5.02 Å². The van der Waals surface area contributed by atoms with Gasteiger partial charge in [0.15, 0.2) is 5.82 Å². The van der Waals surface area contributed by atoms with Crippen LogP contribution in [0.5, 0.6) is 0 Å². The maximum Gasteiger partial charge on any atom is 0.258 e. The second-order valence-electron chi connectivity index (χ2n) is 3.80. The van der Waals surface area contributed by atoms with Gasteiger partial charge in [-0.2, -0.15) is 0 Å². The molecule has 0 bridgehead atoms. The Balaban J connectivity index is 2.25. The van der Waals surface area contributed by atoms with Gasteiger partial charge in [-0.3, -0.25) is 9.59 Å². The van der Waals surface area contributed by atoms with Crippen LogP contribution in [0.25, 0.3) is 0 Å². The van der Waals surface area contributed by atoms with Crippen LogP contribution >= 0.6 is 11.6 Å². The van der Waals surface area contributed by atoms with E-state index >= 15 is 0 Å². The van der Waals surface area contributed by atoms with Crippen molar-refractivity contribution in [3.63, 3.8) is 0 Å². The van der Waals surface area contributed by atoms with Crippen LogP contribution < -0.4 is 5.32 Å². The number of nitrogens with one attached hydrogen (secondary N) is 1. The van der Waals surface area contributed by atoms with Crippen molar-refractivity contribution in [2.45, 2.75) is 0 Å². The van der Waals surface area contributed by atoms with E-state index in [1.54, 1.807) is 18.2 Å². The number of amides is 1. The monoisotopic (exact) mass is 277 g/mol. The van der Waals surface area contributed by atoms with Crippen LogP contribution in [0.1, 0.15) is 20.7 Å². The Kier molecular flexibility index (Phi) is 3.92. The molecule has 0 saturated heterocycles. The van der Waals surface area contributed by atoms with Crippen LogP contribution in [-0.4, -0.2) is 12.2 Å². The van der Waals surface area contributed by atoms with E-state index in [9.17, 15) is 14.0 Å². The van der Waals surface area contributed by atoms with Gasteiger partial charge in [0.2, 0.25) is 0 Å². The fourth-order valence-corrected chi connectivity index (χ4v) is 1.74. The lowest BCUT2D eigenvalue weighted by atomic mass is 10.1. The second-order valence-corrected chi connectivity index (χ2v) is 4.21. The van der Waals surface area contributed by atoms with E-state index in [0.29, 0.717) is 17.5 Å². The van der Waals surface area contributed by atoms with Crippen molar-refractivity contribution in [2.24, 2.45) is 0 Å². The molecule has 0 aliphatic carbocycles. The molecule has 19 heavy (non-hydrogen) atoms. The fourth-order valence-electron chi connectivity index (χ4n) is 1.57. The molecule has 1 amide bonds. The molecule has 0 atom stereocenters. The molecule has 0 fully saturated rings. The number of hydrogen-bond donors (Lipinski definition) is 1. The fraction of sp³-hybridized carbons (Fsp3) is 0. The zero-order chi connectivity index (χ0) is 13.8. The van der Waals surface area contributed by atoms with Gasteiger partial charge >= 0.3 is 0 Å². The van der Waals surface area contributed by atoms with E-state index in [4.69, 9.17) is 11.6 Å². The molecule has 5 heteroatoms. The molecule has 0 spiro atoms. The van der Waals surface area contributed by atoms with E-state index < -0.39 is 11.7 Å². The summed E-state index contributed by atoms with van der Waals surface area (Å²) in [5.41, 5.74) is 0.683. The minimum absolute atomic E-state index is 0.116. The summed E-state index contributed by atoms with van der Waals surface area (Å²) >= 11 is 5.61. The van der Waals surface area contributed by atoms with Gasteiger partial charge in [-0.05, 0) is 24.3 Å². The molecule has 0 unspecified atom stereocenters. The summed E-state index contributed by atoms with van der Waals surface area (Å²) in [5, 5.41) is 2.39. The third kappa shape index (κ3) is 2.98. The molecule has 0 heterocycles. The van der Waals surface area contributed by atoms with E-state index in [-0.39, 0.29) is 10.6 Å². The number of halogens is 2. The van der Waals surface area contributed by atoms with Gasteiger partial charge in [-0.25, -0.2) is 4.39 Å². The van der Waals surface area contributed by atoms with Crippen LogP contribution in [0.3, 0.4) is 0 Å². The Hall–Kier alpha value is -2.20. The zero-order valence-corrected chi connectivity index (χ0v) is 10.4. The molecule has 0 aliphatic heterocycles. The van der Waals surface area contributed by atoms with E-state index in [0.717, 1.165) is 0 Å². The first-order valence-corrected chi connectivity index (χ1v) is 5.80. The maximum atomic E-state index is 13.7. The number of hydrogen-bond acceptors (Lipinski definition) is 2. The second kappa shape index (κ2) is 5.63. The summed E-state index contributed by atoms with van der Waals surface area (Å²) in [4.78, 5) is 22.5. The van der Waals surface area contributed by atoms with Gasteiger partial charge in [0.05, 0.1) is 10.6 Å². The van der Waals surface area contributed by atoms with Crippen molar-refractivity contribution in [3.8, 4) is 0 Å². The summed E-state index contributed by atoms with van der Waals surface area (Å²) < 4.78 is 13.7. The van der Waals surface area contributed by atoms with Crippen LogP contribution in [-0.2, 0) is 0 Å². The van der Waals surface area contributed by atoms with Gasteiger partial charge in [0, 0.05) is 11.3 Å². The van der Waals surface area contributed by atoms with Crippen molar-refractivity contribution in [1.29, 1.82) is 0 Å². The Bertz CT molecular complexity index is 643. The molecule has 3 nitrogen and oxygen atoms in total. The summed E-state index contributed by atoms with van der Waals surface area (Å²) in [6.45, 7) is 0. The number of aldehydes is 1. The highest BCUT2D eigenvalue weighted by atomic mass is 35.5. The quantitative estimate of drug-likeness (QED) is 0.872. The lowest BCUT2D eigenvalue weighted by Crippen LogP contribution is -2.14. The normalized spacial score (nSPS) is 10.0. The van der Waals surface area contributed by atoms with E-state index in [1.807, 2.05) is 0 Å². The van der Waals surface area contributed by atoms with E-state index in [2.05, 4.69) is 5.32 Å². The Morgan fingerprint density at radius 3 is 2.68 bits per heavy atom. The molecular weight excluding hydrogens is 269 g/mol. The van der Waals surface area contributed by atoms with Gasteiger partial charge in [-0.1, -0.05) is 29.8 Å². The number of anilines is 1. The topological polar surface area (TPSA) is 46.2 Å². The average Bonchev–Trinajstić information content (AvgIpc) is 2.42. The lowest BCUT2D eigenvalue weighted by molar-refractivity contribution is 0.102. The molecule has 96 valence electrons. The van der Waals surface area contributed by atoms with Crippen molar-refractivity contribution in [2.75, 3.05) is 5.32 Å². The first-order chi connectivity index (χ1) is 9.11. The number of benzene rings is 2. The summed E-state index contributed by atoms with van der Waals surface area (Å²) in [6.07, 6.45) is 0.662. The molecule has 2 rings (SSSR count). The van der Waals surface area contributed by atoms with Crippen molar-refractivity contribution >= 4 is 29.5 Å². The highest BCUT2D eigenvalue weighted by molar-refractivity contribution is 6.31. The number of carbonyl (C=O) groups excluding carboxylic acids is 2. The van der Waals surface area contributed by atoms with E-state index in [1.165, 1.54) is 24.3 Å². The SMILES string of the molecule is O=Cc1cccc(NC(=O)c2cccc(Cl)c2F)c1. The first kappa shape index (κ1) is 13.2. The van der Waals surface area contributed by atoms with Crippen LogP contribution in [0, 0.1) is 5.82 Å². The van der Waals surface area contributed by atoms with Crippen molar-refractivity contribution < 1.29 is 14.0 Å². The zero-order valence-electron chi connectivity index (χ0n) is 9.69. The number of carbonyl (C=O) groups is 2. The molecular formula is C14H9ClFNO2. The smallest absolute Gasteiger partial charge is 0.258 e. The third-order valence-corrected chi connectivity index (χ3v) is 2.77. The van der Waals surface area contributed by atoms with Crippen LogP contribution in [0.15, 0.2) is 42.5 Å². The van der Waals surface area contributed by atoms with Gasteiger partial charge < -0.3 is 5.32 Å². The van der Waals surface area contributed by atoms with Gasteiger partial charge in [0.1, 0.15) is 6.29 Å². The highest BCUT2D eigenvalue weighted by Gasteiger charge is 2.14. The average molecular weight is 278 g/mol. The maximum absolute atomic E-state index is 13.7. The molecule has 0 aromatic heterocycles. The summed E-state index contributed by atoms with van der Waals surface area (Å²) in [6, 6.07) is 10.5. The molecule has 2 aromatic rings. The Morgan fingerprint density at radius 2 is 1.95 bits per heavy atom. The molecule has 2 aromatic carbocycles. The van der Waals surface area contributed by atoms with Gasteiger partial charge in [0.25, 0.3) is 5.91 Å². The van der Waals surface area contributed by atoms with Gasteiger partial charge in [-0.15, -0.1) is 0 Å².